The highest BCUT2D eigenvalue weighted by atomic mass is 79.9. The minimum Gasteiger partial charge on any atom is -0.208 e. The van der Waals surface area contributed by atoms with Crippen LogP contribution in [0, 0.1) is 0 Å². The van der Waals surface area contributed by atoms with Gasteiger partial charge in [0.1, 0.15) is 12.7 Å². The van der Waals surface area contributed by atoms with Crippen molar-refractivity contribution < 1.29 is 0 Å². The van der Waals surface area contributed by atoms with E-state index in [2.05, 4.69) is 31.2 Å². The van der Waals surface area contributed by atoms with Crippen LogP contribution in [-0.2, 0) is 0 Å². The van der Waals surface area contributed by atoms with E-state index in [1.807, 2.05) is 36.4 Å². The van der Waals surface area contributed by atoms with Gasteiger partial charge in [-0.05, 0) is 27.6 Å². The average Bonchev–Trinajstić information content (AvgIpc) is 2.81. The summed E-state index contributed by atoms with van der Waals surface area (Å²) in [5.74, 6) is 0. The standard InChI is InChI=1S/C11H9BrN4/c12-11(6-10-4-2-1-3-5-10)7-15-16-8-13-14-9-16/h1-9H/b11-6-,15-7+. The molecule has 1 aromatic carbocycles. The molecule has 5 heteroatoms. The third-order valence-corrected chi connectivity index (χ3v) is 2.26. The van der Waals surface area contributed by atoms with Crippen LogP contribution in [0.2, 0.25) is 0 Å². The first-order chi connectivity index (χ1) is 7.84. The van der Waals surface area contributed by atoms with E-state index in [0.29, 0.717) is 0 Å². The van der Waals surface area contributed by atoms with E-state index >= 15 is 0 Å². The minimum absolute atomic E-state index is 0.882. The van der Waals surface area contributed by atoms with Crippen LogP contribution in [0.3, 0.4) is 0 Å². The maximum absolute atomic E-state index is 4.11. The molecule has 0 radical (unpaired) electrons. The molecule has 0 atom stereocenters. The van der Waals surface area contributed by atoms with Gasteiger partial charge in [-0.15, -0.1) is 10.2 Å². The van der Waals surface area contributed by atoms with Gasteiger partial charge < -0.3 is 0 Å². The Morgan fingerprint density at radius 2 is 1.88 bits per heavy atom. The average molecular weight is 277 g/mol. The topological polar surface area (TPSA) is 43.1 Å². The highest BCUT2D eigenvalue weighted by molar-refractivity contribution is 9.12. The first kappa shape index (κ1) is 10.8. The zero-order valence-electron chi connectivity index (χ0n) is 8.36. The molecule has 0 N–H and O–H groups in total. The van der Waals surface area contributed by atoms with Crippen molar-refractivity contribution in [1.82, 2.24) is 14.9 Å². The van der Waals surface area contributed by atoms with Gasteiger partial charge >= 0.3 is 0 Å². The zero-order valence-corrected chi connectivity index (χ0v) is 9.95. The second-order valence-electron chi connectivity index (χ2n) is 3.03. The van der Waals surface area contributed by atoms with E-state index < -0.39 is 0 Å². The van der Waals surface area contributed by atoms with Gasteiger partial charge in [0.05, 0.1) is 6.21 Å². The third kappa shape index (κ3) is 3.13. The Morgan fingerprint density at radius 1 is 1.19 bits per heavy atom. The molecule has 0 aliphatic heterocycles. The predicted octanol–water partition coefficient (Wildman–Crippen LogP) is 2.55. The summed E-state index contributed by atoms with van der Waals surface area (Å²) in [5, 5.41) is 11.4. The quantitative estimate of drug-likeness (QED) is 0.809. The molecule has 0 amide bonds. The first-order valence-corrected chi connectivity index (χ1v) is 5.45. The number of aromatic nitrogens is 3. The van der Waals surface area contributed by atoms with Crippen molar-refractivity contribution in [2.75, 3.05) is 0 Å². The third-order valence-electron chi connectivity index (χ3n) is 1.83. The summed E-state index contributed by atoms with van der Waals surface area (Å²) in [7, 11) is 0. The fourth-order valence-corrected chi connectivity index (χ4v) is 1.48. The number of allylic oxidation sites excluding steroid dienone is 1. The van der Waals surface area contributed by atoms with Gasteiger partial charge in [-0.2, -0.15) is 5.10 Å². The Bertz CT molecular complexity index is 488. The van der Waals surface area contributed by atoms with E-state index in [0.717, 1.165) is 10.0 Å². The smallest absolute Gasteiger partial charge is 0.141 e. The lowest BCUT2D eigenvalue weighted by Crippen LogP contribution is -1.84. The predicted molar refractivity (Wildman–Crippen MR) is 67.3 cm³/mol. The molecule has 0 saturated carbocycles. The lowest BCUT2D eigenvalue weighted by molar-refractivity contribution is 0.879. The van der Waals surface area contributed by atoms with Crippen molar-refractivity contribution in [1.29, 1.82) is 0 Å². The van der Waals surface area contributed by atoms with Gasteiger partial charge in [0.25, 0.3) is 0 Å². The summed E-state index contributed by atoms with van der Waals surface area (Å²) >= 11 is 3.42. The van der Waals surface area contributed by atoms with Gasteiger partial charge in [-0.1, -0.05) is 30.3 Å². The number of rotatable bonds is 3. The summed E-state index contributed by atoms with van der Waals surface area (Å²) in [5.41, 5.74) is 1.12. The van der Waals surface area contributed by atoms with Crippen molar-refractivity contribution in [3.05, 3.63) is 53.0 Å². The minimum atomic E-state index is 0.882. The molecular formula is C11H9BrN4. The number of halogens is 1. The normalized spacial score (nSPS) is 12.2. The van der Waals surface area contributed by atoms with E-state index in [1.54, 1.807) is 6.21 Å². The fraction of sp³-hybridized carbons (Fsp3) is 0. The number of hydrogen-bond acceptors (Lipinski definition) is 3. The maximum Gasteiger partial charge on any atom is 0.141 e. The molecule has 4 nitrogen and oxygen atoms in total. The van der Waals surface area contributed by atoms with Crippen LogP contribution >= 0.6 is 15.9 Å². The van der Waals surface area contributed by atoms with E-state index in [4.69, 9.17) is 0 Å². The molecule has 2 aromatic rings. The zero-order chi connectivity index (χ0) is 11.2. The fourth-order valence-electron chi connectivity index (χ4n) is 1.12. The Balaban J connectivity index is 2.09. The lowest BCUT2D eigenvalue weighted by atomic mass is 10.2. The highest BCUT2D eigenvalue weighted by Gasteiger charge is 1.89. The van der Waals surface area contributed by atoms with Gasteiger partial charge in [0, 0.05) is 4.48 Å². The van der Waals surface area contributed by atoms with Crippen LogP contribution in [-0.4, -0.2) is 21.1 Å². The van der Waals surface area contributed by atoms with E-state index in [9.17, 15) is 0 Å². The van der Waals surface area contributed by atoms with E-state index in [-0.39, 0.29) is 0 Å². The molecule has 2 rings (SSSR count). The SMILES string of the molecule is BrC(=C\c1ccccc1)/C=N/n1cnnc1. The molecule has 80 valence electrons. The molecule has 1 aromatic heterocycles. The van der Waals surface area contributed by atoms with Gasteiger partial charge in [-0.25, -0.2) is 4.68 Å². The second-order valence-corrected chi connectivity index (χ2v) is 3.94. The monoisotopic (exact) mass is 276 g/mol. The van der Waals surface area contributed by atoms with Crippen LogP contribution < -0.4 is 0 Å². The maximum atomic E-state index is 4.11. The van der Waals surface area contributed by atoms with Crippen molar-refractivity contribution in [2.24, 2.45) is 5.10 Å². The van der Waals surface area contributed by atoms with Crippen molar-refractivity contribution >= 4 is 28.2 Å². The number of nitrogens with zero attached hydrogens (tertiary/aromatic N) is 4. The van der Waals surface area contributed by atoms with Crippen LogP contribution in [0.15, 0.2) is 52.6 Å². The Morgan fingerprint density at radius 3 is 2.56 bits per heavy atom. The molecule has 0 spiro atoms. The van der Waals surface area contributed by atoms with E-state index in [1.165, 1.54) is 17.3 Å². The van der Waals surface area contributed by atoms with Gasteiger partial charge in [0.15, 0.2) is 0 Å². The summed E-state index contributed by atoms with van der Waals surface area (Å²) in [6.45, 7) is 0. The summed E-state index contributed by atoms with van der Waals surface area (Å²) in [6, 6.07) is 10.0. The van der Waals surface area contributed by atoms with Gasteiger partial charge in [-0.3, -0.25) is 0 Å². The molecule has 0 saturated heterocycles. The van der Waals surface area contributed by atoms with Crippen LogP contribution in [0.4, 0.5) is 0 Å². The first-order valence-electron chi connectivity index (χ1n) is 4.66. The van der Waals surface area contributed by atoms with Crippen molar-refractivity contribution in [3.63, 3.8) is 0 Å². The van der Waals surface area contributed by atoms with Crippen molar-refractivity contribution in [2.45, 2.75) is 0 Å². The van der Waals surface area contributed by atoms with Crippen LogP contribution in [0.1, 0.15) is 5.56 Å². The molecule has 1 heterocycles. The Kier molecular flexibility index (Phi) is 3.61. The van der Waals surface area contributed by atoms with Crippen LogP contribution in [0.5, 0.6) is 0 Å². The molecular weight excluding hydrogens is 268 g/mol. The molecule has 0 aliphatic rings. The molecule has 0 aliphatic carbocycles. The second kappa shape index (κ2) is 5.37. The summed E-state index contributed by atoms with van der Waals surface area (Å²) in [6.07, 6.45) is 6.73. The molecule has 0 fully saturated rings. The molecule has 16 heavy (non-hydrogen) atoms. The Hall–Kier alpha value is -1.75. The highest BCUT2D eigenvalue weighted by Crippen LogP contribution is 2.09. The van der Waals surface area contributed by atoms with Crippen LogP contribution in [0.25, 0.3) is 6.08 Å². The number of benzene rings is 1. The molecule has 0 unspecified atom stereocenters. The summed E-state index contributed by atoms with van der Waals surface area (Å²) in [4.78, 5) is 0. The number of hydrogen-bond donors (Lipinski definition) is 0. The van der Waals surface area contributed by atoms with Gasteiger partial charge in [0.2, 0.25) is 0 Å². The molecule has 0 bridgehead atoms. The lowest BCUT2D eigenvalue weighted by Gasteiger charge is -1.93. The largest absolute Gasteiger partial charge is 0.208 e. The summed E-state index contributed by atoms with van der Waals surface area (Å²) < 4.78 is 2.41. The van der Waals surface area contributed by atoms with Crippen molar-refractivity contribution in [3.8, 4) is 0 Å². The Labute approximate surface area is 101 Å².